The molecule has 0 aliphatic heterocycles. The maximum Gasteiger partial charge on any atom is 0.0641 e. The standard InChI is InChI=1S/C12H21N3/c1-9(13-8-12(3)5-6-12)11-7-15(4)14-10(11)2/h7,9,13H,5-6,8H2,1-4H3. The van der Waals surface area contributed by atoms with E-state index in [0.717, 1.165) is 12.2 Å². The van der Waals surface area contributed by atoms with Gasteiger partial charge in [0.15, 0.2) is 0 Å². The van der Waals surface area contributed by atoms with Gasteiger partial charge in [0.2, 0.25) is 0 Å². The van der Waals surface area contributed by atoms with Gasteiger partial charge in [0.05, 0.1) is 5.69 Å². The molecule has 2 rings (SSSR count). The van der Waals surface area contributed by atoms with Gasteiger partial charge in [-0.15, -0.1) is 0 Å². The lowest BCUT2D eigenvalue weighted by Crippen LogP contribution is -2.25. The summed E-state index contributed by atoms with van der Waals surface area (Å²) in [5, 5.41) is 7.97. The van der Waals surface area contributed by atoms with Crippen molar-refractivity contribution in [2.75, 3.05) is 6.54 Å². The number of hydrogen-bond acceptors (Lipinski definition) is 2. The Labute approximate surface area is 91.9 Å². The Kier molecular flexibility index (Phi) is 2.59. The van der Waals surface area contributed by atoms with Gasteiger partial charge >= 0.3 is 0 Å². The van der Waals surface area contributed by atoms with E-state index in [1.54, 1.807) is 0 Å². The molecular weight excluding hydrogens is 186 g/mol. The van der Waals surface area contributed by atoms with Crippen LogP contribution < -0.4 is 5.32 Å². The Balaban J connectivity index is 1.95. The molecule has 1 fully saturated rings. The molecule has 1 aliphatic carbocycles. The third kappa shape index (κ3) is 2.40. The zero-order valence-corrected chi connectivity index (χ0v) is 10.2. The number of rotatable bonds is 4. The molecule has 0 amide bonds. The molecule has 1 aromatic heterocycles. The van der Waals surface area contributed by atoms with E-state index in [1.807, 2.05) is 11.7 Å². The van der Waals surface area contributed by atoms with Crippen LogP contribution in [0.5, 0.6) is 0 Å². The first kappa shape index (κ1) is 10.7. The van der Waals surface area contributed by atoms with Gasteiger partial charge in [-0.25, -0.2) is 0 Å². The fraction of sp³-hybridized carbons (Fsp3) is 0.750. The molecule has 0 saturated heterocycles. The van der Waals surface area contributed by atoms with Crippen LogP contribution in [0.3, 0.4) is 0 Å². The summed E-state index contributed by atoms with van der Waals surface area (Å²) in [5.41, 5.74) is 3.03. The van der Waals surface area contributed by atoms with Crippen molar-refractivity contribution in [3.05, 3.63) is 17.5 Å². The lowest BCUT2D eigenvalue weighted by Gasteiger charge is -2.16. The van der Waals surface area contributed by atoms with Gasteiger partial charge in [-0.05, 0) is 32.1 Å². The molecule has 1 aliphatic rings. The molecule has 3 nitrogen and oxygen atoms in total. The highest BCUT2D eigenvalue weighted by atomic mass is 15.3. The van der Waals surface area contributed by atoms with Crippen molar-refractivity contribution in [1.82, 2.24) is 15.1 Å². The third-order valence-electron chi connectivity index (χ3n) is 3.46. The molecule has 1 heterocycles. The van der Waals surface area contributed by atoms with Crippen molar-refractivity contribution in [1.29, 1.82) is 0 Å². The van der Waals surface area contributed by atoms with E-state index in [1.165, 1.54) is 18.4 Å². The summed E-state index contributed by atoms with van der Waals surface area (Å²) in [6.45, 7) is 7.77. The molecule has 0 radical (unpaired) electrons. The van der Waals surface area contributed by atoms with Crippen LogP contribution in [0.4, 0.5) is 0 Å². The Bertz CT molecular complexity index is 350. The first-order valence-electron chi connectivity index (χ1n) is 5.74. The summed E-state index contributed by atoms with van der Waals surface area (Å²) in [5.74, 6) is 0. The van der Waals surface area contributed by atoms with Crippen LogP contribution in [0.15, 0.2) is 6.20 Å². The van der Waals surface area contributed by atoms with Crippen LogP contribution in [0.1, 0.15) is 44.0 Å². The van der Waals surface area contributed by atoms with Crippen molar-refractivity contribution in [3.63, 3.8) is 0 Å². The van der Waals surface area contributed by atoms with E-state index in [-0.39, 0.29) is 0 Å². The second kappa shape index (κ2) is 3.63. The molecule has 0 spiro atoms. The summed E-state index contributed by atoms with van der Waals surface area (Å²) >= 11 is 0. The molecule has 0 bridgehead atoms. The van der Waals surface area contributed by atoms with Crippen LogP contribution in [-0.4, -0.2) is 16.3 Å². The fourth-order valence-corrected chi connectivity index (χ4v) is 1.94. The number of nitrogens with zero attached hydrogens (tertiary/aromatic N) is 2. The predicted molar refractivity (Wildman–Crippen MR) is 61.7 cm³/mol. The van der Waals surface area contributed by atoms with Gasteiger partial charge in [-0.2, -0.15) is 5.10 Å². The summed E-state index contributed by atoms with van der Waals surface area (Å²) in [6, 6.07) is 0.413. The Morgan fingerprint density at radius 2 is 2.27 bits per heavy atom. The van der Waals surface area contributed by atoms with Gasteiger partial charge in [0, 0.05) is 31.4 Å². The van der Waals surface area contributed by atoms with Crippen molar-refractivity contribution in [2.24, 2.45) is 12.5 Å². The van der Waals surface area contributed by atoms with E-state index in [9.17, 15) is 0 Å². The van der Waals surface area contributed by atoms with Crippen molar-refractivity contribution in [3.8, 4) is 0 Å². The molecule has 15 heavy (non-hydrogen) atoms. The molecular formula is C12H21N3. The molecule has 0 aromatic carbocycles. The number of nitrogens with one attached hydrogen (secondary N) is 1. The van der Waals surface area contributed by atoms with Gasteiger partial charge in [-0.3, -0.25) is 4.68 Å². The largest absolute Gasteiger partial charge is 0.310 e. The van der Waals surface area contributed by atoms with Crippen LogP contribution in [0.25, 0.3) is 0 Å². The molecule has 1 N–H and O–H groups in total. The van der Waals surface area contributed by atoms with E-state index < -0.39 is 0 Å². The Hall–Kier alpha value is -0.830. The first-order chi connectivity index (χ1) is 7.00. The Morgan fingerprint density at radius 1 is 1.60 bits per heavy atom. The number of hydrogen-bond donors (Lipinski definition) is 1. The summed E-state index contributed by atoms with van der Waals surface area (Å²) in [4.78, 5) is 0. The SMILES string of the molecule is Cc1nn(C)cc1C(C)NCC1(C)CC1. The normalized spacial score (nSPS) is 20.3. The van der Waals surface area contributed by atoms with E-state index in [4.69, 9.17) is 0 Å². The molecule has 1 saturated carbocycles. The van der Waals surface area contributed by atoms with Crippen molar-refractivity contribution < 1.29 is 0 Å². The van der Waals surface area contributed by atoms with Crippen LogP contribution in [0.2, 0.25) is 0 Å². The summed E-state index contributed by atoms with van der Waals surface area (Å²) in [7, 11) is 1.98. The third-order valence-corrected chi connectivity index (χ3v) is 3.46. The monoisotopic (exact) mass is 207 g/mol. The lowest BCUT2D eigenvalue weighted by molar-refractivity contribution is 0.456. The zero-order valence-electron chi connectivity index (χ0n) is 10.2. The average Bonchev–Trinajstić information content (AvgIpc) is 2.80. The molecule has 3 heteroatoms. The van der Waals surface area contributed by atoms with Crippen LogP contribution in [0, 0.1) is 12.3 Å². The van der Waals surface area contributed by atoms with Gasteiger partial charge in [0.25, 0.3) is 0 Å². The zero-order chi connectivity index (χ0) is 11.1. The lowest BCUT2D eigenvalue weighted by atomic mass is 10.1. The van der Waals surface area contributed by atoms with Crippen molar-refractivity contribution in [2.45, 2.75) is 39.7 Å². The average molecular weight is 207 g/mol. The molecule has 1 aromatic rings. The summed E-state index contributed by atoms with van der Waals surface area (Å²) in [6.07, 6.45) is 4.86. The van der Waals surface area contributed by atoms with E-state index in [0.29, 0.717) is 11.5 Å². The summed E-state index contributed by atoms with van der Waals surface area (Å²) < 4.78 is 1.89. The minimum absolute atomic E-state index is 0.413. The number of aromatic nitrogens is 2. The fourth-order valence-electron chi connectivity index (χ4n) is 1.94. The maximum absolute atomic E-state index is 4.37. The van der Waals surface area contributed by atoms with Gasteiger partial charge < -0.3 is 5.32 Å². The highest BCUT2D eigenvalue weighted by Gasteiger charge is 2.37. The minimum atomic E-state index is 0.413. The Morgan fingerprint density at radius 3 is 2.73 bits per heavy atom. The van der Waals surface area contributed by atoms with Crippen molar-refractivity contribution >= 4 is 0 Å². The molecule has 1 unspecified atom stereocenters. The first-order valence-corrected chi connectivity index (χ1v) is 5.74. The highest BCUT2D eigenvalue weighted by Crippen LogP contribution is 2.44. The number of aryl methyl sites for hydroxylation is 2. The quantitative estimate of drug-likeness (QED) is 0.820. The molecule has 1 atom stereocenters. The van der Waals surface area contributed by atoms with Gasteiger partial charge in [-0.1, -0.05) is 6.92 Å². The second-order valence-electron chi connectivity index (χ2n) is 5.26. The molecule has 84 valence electrons. The topological polar surface area (TPSA) is 29.9 Å². The van der Waals surface area contributed by atoms with E-state index >= 15 is 0 Å². The van der Waals surface area contributed by atoms with Gasteiger partial charge in [0.1, 0.15) is 0 Å². The van der Waals surface area contributed by atoms with E-state index in [2.05, 4.69) is 37.4 Å². The second-order valence-corrected chi connectivity index (χ2v) is 5.26. The smallest absolute Gasteiger partial charge is 0.0641 e. The predicted octanol–water partition coefficient (Wildman–Crippen LogP) is 2.18. The maximum atomic E-state index is 4.37. The van der Waals surface area contributed by atoms with Crippen LogP contribution in [-0.2, 0) is 7.05 Å². The minimum Gasteiger partial charge on any atom is -0.310 e. The van der Waals surface area contributed by atoms with Crippen LogP contribution >= 0.6 is 0 Å². The highest BCUT2D eigenvalue weighted by molar-refractivity contribution is 5.19.